The van der Waals surface area contributed by atoms with Crippen LogP contribution in [-0.4, -0.2) is 40.6 Å². The van der Waals surface area contributed by atoms with E-state index in [-0.39, 0.29) is 11.5 Å². The van der Waals surface area contributed by atoms with Gasteiger partial charge in [-0.2, -0.15) is 0 Å². The highest BCUT2D eigenvalue weighted by molar-refractivity contribution is 5.60. The number of aromatic amines is 1. The molecule has 4 N–H and O–H groups in total. The molecule has 0 amide bonds. The molecule has 7 heteroatoms. The summed E-state index contributed by atoms with van der Waals surface area (Å²) >= 11 is 0. The van der Waals surface area contributed by atoms with Gasteiger partial charge >= 0.3 is 5.69 Å². The van der Waals surface area contributed by atoms with E-state index in [1.54, 1.807) is 6.92 Å². The number of nitrogen functional groups attached to an aromatic ring is 1. The van der Waals surface area contributed by atoms with Gasteiger partial charge in [-0.15, -0.1) is 0 Å². The van der Waals surface area contributed by atoms with Crippen molar-refractivity contribution in [3.8, 4) is 0 Å². The van der Waals surface area contributed by atoms with Crippen LogP contribution in [0.15, 0.2) is 9.59 Å². The number of anilines is 2. The zero-order valence-electron chi connectivity index (χ0n) is 12.0. The van der Waals surface area contributed by atoms with E-state index < -0.39 is 11.2 Å². The van der Waals surface area contributed by atoms with E-state index in [2.05, 4.69) is 29.0 Å². The Hall–Kier alpha value is -1.76. The van der Waals surface area contributed by atoms with Crippen molar-refractivity contribution >= 4 is 11.5 Å². The average Bonchev–Trinajstić information content (AvgIpc) is 2.33. The number of nitrogens with two attached hydrogens (primary N) is 1. The topological polar surface area (TPSA) is 96.2 Å². The second-order valence-electron chi connectivity index (χ2n) is 4.76. The third-order valence-electron chi connectivity index (χ3n) is 3.20. The molecular weight excluding hydrogens is 246 g/mol. The van der Waals surface area contributed by atoms with Gasteiger partial charge in [-0.3, -0.25) is 14.3 Å². The molecule has 1 aromatic rings. The molecule has 1 rings (SSSR count). The van der Waals surface area contributed by atoms with Crippen molar-refractivity contribution in [3.63, 3.8) is 0 Å². The average molecular weight is 269 g/mol. The highest BCUT2D eigenvalue weighted by Crippen LogP contribution is 2.09. The molecule has 0 fully saturated rings. The molecule has 0 aliphatic carbocycles. The molecule has 0 saturated heterocycles. The lowest BCUT2D eigenvalue weighted by atomic mass is 10.3. The smallest absolute Gasteiger partial charge is 0.330 e. The van der Waals surface area contributed by atoms with Gasteiger partial charge in [0.2, 0.25) is 0 Å². The Labute approximate surface area is 112 Å². The third-order valence-corrected chi connectivity index (χ3v) is 3.20. The SMILES string of the molecule is CCn1c(N)c(NCCN(C)C(C)C)c(=O)[nH]c1=O. The minimum atomic E-state index is -0.477. The first-order valence-electron chi connectivity index (χ1n) is 6.45. The highest BCUT2D eigenvalue weighted by atomic mass is 16.2. The summed E-state index contributed by atoms with van der Waals surface area (Å²) < 4.78 is 1.33. The molecule has 0 bridgehead atoms. The van der Waals surface area contributed by atoms with E-state index in [0.717, 1.165) is 6.54 Å². The maximum Gasteiger partial charge on any atom is 0.330 e. The summed E-state index contributed by atoms with van der Waals surface area (Å²) in [6, 6.07) is 0.432. The normalized spacial score (nSPS) is 11.3. The minimum absolute atomic E-state index is 0.184. The Bertz CT molecular complexity index is 532. The van der Waals surface area contributed by atoms with E-state index in [0.29, 0.717) is 19.1 Å². The van der Waals surface area contributed by atoms with E-state index in [1.165, 1.54) is 4.57 Å². The van der Waals surface area contributed by atoms with Crippen molar-refractivity contribution < 1.29 is 0 Å². The Balaban J connectivity index is 2.85. The summed E-state index contributed by atoms with van der Waals surface area (Å²) in [5.41, 5.74) is 5.15. The number of nitrogens with one attached hydrogen (secondary N) is 2. The maximum absolute atomic E-state index is 11.7. The number of likely N-dealkylation sites (N-methyl/N-ethyl adjacent to an activating group) is 1. The predicted molar refractivity (Wildman–Crippen MR) is 77.7 cm³/mol. The van der Waals surface area contributed by atoms with Crippen LogP contribution in [-0.2, 0) is 6.54 Å². The fourth-order valence-corrected chi connectivity index (χ4v) is 1.69. The van der Waals surface area contributed by atoms with Crippen LogP contribution in [0.4, 0.5) is 11.5 Å². The van der Waals surface area contributed by atoms with Crippen molar-refractivity contribution in [2.24, 2.45) is 0 Å². The maximum atomic E-state index is 11.7. The summed E-state index contributed by atoms with van der Waals surface area (Å²) in [6.45, 7) is 7.77. The van der Waals surface area contributed by atoms with Crippen molar-refractivity contribution in [1.82, 2.24) is 14.5 Å². The van der Waals surface area contributed by atoms with Crippen LogP contribution in [0, 0.1) is 0 Å². The monoisotopic (exact) mass is 269 g/mol. The molecule has 0 aromatic carbocycles. The second-order valence-corrected chi connectivity index (χ2v) is 4.76. The fourth-order valence-electron chi connectivity index (χ4n) is 1.69. The first kappa shape index (κ1) is 15.3. The molecule has 0 spiro atoms. The van der Waals surface area contributed by atoms with Crippen LogP contribution in [0.1, 0.15) is 20.8 Å². The van der Waals surface area contributed by atoms with Crippen LogP contribution in [0.25, 0.3) is 0 Å². The van der Waals surface area contributed by atoms with Gasteiger partial charge in [-0.25, -0.2) is 4.79 Å². The second kappa shape index (κ2) is 6.42. The molecule has 108 valence electrons. The van der Waals surface area contributed by atoms with Gasteiger partial charge in [0.05, 0.1) is 0 Å². The van der Waals surface area contributed by atoms with Gasteiger partial charge in [0.25, 0.3) is 5.56 Å². The van der Waals surface area contributed by atoms with E-state index in [4.69, 9.17) is 5.73 Å². The quantitative estimate of drug-likeness (QED) is 0.669. The first-order chi connectivity index (χ1) is 8.88. The molecule has 0 saturated carbocycles. The van der Waals surface area contributed by atoms with Gasteiger partial charge < -0.3 is 16.0 Å². The summed E-state index contributed by atoms with van der Waals surface area (Å²) in [5.74, 6) is 0.184. The first-order valence-corrected chi connectivity index (χ1v) is 6.45. The molecule has 19 heavy (non-hydrogen) atoms. The van der Waals surface area contributed by atoms with Crippen molar-refractivity contribution in [3.05, 3.63) is 20.8 Å². The Morgan fingerprint density at radius 1 is 1.42 bits per heavy atom. The predicted octanol–water partition coefficient (Wildman–Crippen LogP) is -0.109. The lowest BCUT2D eigenvalue weighted by Crippen LogP contribution is -2.36. The zero-order chi connectivity index (χ0) is 14.6. The number of H-pyrrole nitrogens is 1. The lowest BCUT2D eigenvalue weighted by molar-refractivity contribution is 0.284. The molecule has 0 aliphatic rings. The van der Waals surface area contributed by atoms with E-state index in [9.17, 15) is 9.59 Å². The third kappa shape index (κ3) is 3.60. The van der Waals surface area contributed by atoms with Crippen LogP contribution < -0.4 is 22.3 Å². The van der Waals surface area contributed by atoms with Crippen LogP contribution >= 0.6 is 0 Å². The van der Waals surface area contributed by atoms with Gasteiger partial charge in [-0.1, -0.05) is 0 Å². The number of nitrogens with zero attached hydrogens (tertiary/aromatic N) is 2. The molecule has 0 atom stereocenters. The van der Waals surface area contributed by atoms with Gasteiger partial charge in [0.15, 0.2) is 0 Å². The number of rotatable bonds is 6. The molecule has 1 aromatic heterocycles. The molecule has 1 heterocycles. The minimum Gasteiger partial charge on any atom is -0.383 e. The van der Waals surface area contributed by atoms with Gasteiger partial charge in [0.1, 0.15) is 11.5 Å². The molecule has 0 radical (unpaired) electrons. The van der Waals surface area contributed by atoms with Crippen LogP contribution in [0.5, 0.6) is 0 Å². The standard InChI is InChI=1S/C12H23N5O2/c1-5-17-10(13)9(11(18)15-12(17)19)14-6-7-16(4)8(2)3/h8,14H,5-7,13H2,1-4H3,(H,15,18,19). The largest absolute Gasteiger partial charge is 0.383 e. The van der Waals surface area contributed by atoms with Crippen LogP contribution in [0.2, 0.25) is 0 Å². The van der Waals surface area contributed by atoms with Crippen molar-refractivity contribution in [1.29, 1.82) is 0 Å². The fraction of sp³-hybridized carbons (Fsp3) is 0.667. The molecule has 0 aliphatic heterocycles. The number of aromatic nitrogens is 2. The Morgan fingerprint density at radius 2 is 2.05 bits per heavy atom. The lowest BCUT2D eigenvalue weighted by Gasteiger charge is -2.21. The van der Waals surface area contributed by atoms with Gasteiger partial charge in [0, 0.05) is 25.7 Å². The molecular formula is C12H23N5O2. The number of hydrogen-bond donors (Lipinski definition) is 3. The Morgan fingerprint density at radius 3 is 2.58 bits per heavy atom. The summed E-state index contributed by atoms with van der Waals surface area (Å²) in [6.07, 6.45) is 0. The molecule has 0 unspecified atom stereocenters. The van der Waals surface area contributed by atoms with E-state index >= 15 is 0 Å². The highest BCUT2D eigenvalue weighted by Gasteiger charge is 2.11. The Kier molecular flexibility index (Phi) is 5.17. The summed E-state index contributed by atoms with van der Waals surface area (Å²) in [7, 11) is 2.01. The molecule has 7 nitrogen and oxygen atoms in total. The zero-order valence-corrected chi connectivity index (χ0v) is 12.0. The van der Waals surface area contributed by atoms with Crippen molar-refractivity contribution in [2.75, 3.05) is 31.2 Å². The van der Waals surface area contributed by atoms with E-state index in [1.807, 2.05) is 7.05 Å². The van der Waals surface area contributed by atoms with Crippen LogP contribution in [0.3, 0.4) is 0 Å². The summed E-state index contributed by atoms with van der Waals surface area (Å²) in [5, 5.41) is 3.00. The number of hydrogen-bond acceptors (Lipinski definition) is 5. The van der Waals surface area contributed by atoms with Crippen molar-refractivity contribution in [2.45, 2.75) is 33.4 Å². The summed E-state index contributed by atoms with van der Waals surface area (Å²) in [4.78, 5) is 27.6. The van der Waals surface area contributed by atoms with Gasteiger partial charge in [-0.05, 0) is 27.8 Å².